The lowest BCUT2D eigenvalue weighted by Gasteiger charge is -2.27. The minimum absolute atomic E-state index is 0.142. The maximum Gasteiger partial charge on any atom is 0.410 e. The van der Waals surface area contributed by atoms with Crippen LogP contribution in [0.25, 0.3) is 0 Å². The number of aliphatic carboxylic acids is 1. The zero-order valence-electron chi connectivity index (χ0n) is 13.4. The molecule has 2 fully saturated rings. The first kappa shape index (κ1) is 16.8. The number of carboxylic acids is 1. The Morgan fingerprint density at radius 2 is 2.05 bits per heavy atom. The molecule has 6 heteroatoms. The maximum atomic E-state index is 12.2. The van der Waals surface area contributed by atoms with Crippen molar-refractivity contribution in [1.82, 2.24) is 4.90 Å². The predicted molar refractivity (Wildman–Crippen MR) is 80.4 cm³/mol. The number of aliphatic hydroxyl groups is 1. The molecule has 3 atom stereocenters. The topological polar surface area (TPSA) is 87.1 Å². The molecule has 1 heterocycles. The van der Waals surface area contributed by atoms with Crippen molar-refractivity contribution in [3.8, 4) is 0 Å². The Morgan fingerprint density at radius 3 is 2.64 bits per heavy atom. The molecule has 124 valence electrons. The van der Waals surface area contributed by atoms with E-state index >= 15 is 0 Å². The normalized spacial score (nSPS) is 30.8. The zero-order valence-corrected chi connectivity index (χ0v) is 13.4. The highest BCUT2D eigenvalue weighted by atomic mass is 16.6. The molecule has 0 bridgehead atoms. The Morgan fingerprint density at radius 1 is 1.36 bits per heavy atom. The van der Waals surface area contributed by atoms with Gasteiger partial charge >= 0.3 is 12.1 Å². The number of carbonyl (C=O) groups excluding carboxylic acids is 1. The van der Waals surface area contributed by atoms with E-state index in [-0.39, 0.29) is 18.6 Å². The van der Waals surface area contributed by atoms with Gasteiger partial charge in [0.25, 0.3) is 0 Å². The van der Waals surface area contributed by atoms with Gasteiger partial charge < -0.3 is 19.8 Å². The van der Waals surface area contributed by atoms with Crippen LogP contribution in [0.15, 0.2) is 11.6 Å². The number of likely N-dealkylation sites (tertiary alicyclic amines) is 1. The van der Waals surface area contributed by atoms with E-state index in [4.69, 9.17) is 4.74 Å². The number of aliphatic hydroxyl groups excluding tert-OH is 1. The third-order valence-corrected chi connectivity index (χ3v) is 4.06. The van der Waals surface area contributed by atoms with Crippen LogP contribution in [0.4, 0.5) is 4.79 Å². The molecule has 0 aromatic heterocycles. The lowest BCUT2D eigenvalue weighted by molar-refractivity contribution is -0.140. The van der Waals surface area contributed by atoms with Crippen molar-refractivity contribution in [1.29, 1.82) is 0 Å². The molecule has 0 aromatic carbocycles. The van der Waals surface area contributed by atoms with E-state index in [0.29, 0.717) is 13.0 Å². The fraction of sp³-hybridized carbons (Fsp3) is 0.750. The summed E-state index contributed by atoms with van der Waals surface area (Å²) in [5, 5.41) is 19.0. The molecule has 1 saturated heterocycles. The van der Waals surface area contributed by atoms with Crippen LogP contribution in [0, 0.1) is 5.92 Å². The molecule has 22 heavy (non-hydrogen) atoms. The number of carbonyl (C=O) groups is 2. The molecule has 0 spiro atoms. The van der Waals surface area contributed by atoms with E-state index in [1.54, 1.807) is 4.90 Å². The Kier molecular flexibility index (Phi) is 4.80. The molecule has 2 N–H and O–H groups in total. The van der Waals surface area contributed by atoms with Crippen molar-refractivity contribution >= 4 is 12.1 Å². The Hall–Kier alpha value is -1.56. The molecule has 1 saturated carbocycles. The van der Waals surface area contributed by atoms with E-state index < -0.39 is 23.6 Å². The van der Waals surface area contributed by atoms with Gasteiger partial charge in [-0.15, -0.1) is 0 Å². The maximum absolute atomic E-state index is 12.2. The van der Waals surface area contributed by atoms with E-state index in [9.17, 15) is 19.8 Å². The highest BCUT2D eigenvalue weighted by Gasteiger charge is 2.36. The van der Waals surface area contributed by atoms with Crippen molar-refractivity contribution in [2.45, 2.75) is 64.2 Å². The van der Waals surface area contributed by atoms with Crippen molar-refractivity contribution in [2.24, 2.45) is 5.92 Å². The van der Waals surface area contributed by atoms with Crippen LogP contribution in [-0.2, 0) is 9.53 Å². The first-order chi connectivity index (χ1) is 10.2. The molecule has 0 aromatic rings. The van der Waals surface area contributed by atoms with Crippen LogP contribution >= 0.6 is 0 Å². The van der Waals surface area contributed by atoms with Crippen molar-refractivity contribution < 1.29 is 24.5 Å². The van der Waals surface area contributed by atoms with Crippen LogP contribution < -0.4 is 0 Å². The molecule has 0 radical (unpaired) electrons. The quantitative estimate of drug-likeness (QED) is 0.763. The highest BCUT2D eigenvalue weighted by molar-refractivity contribution is 5.75. The fourth-order valence-electron chi connectivity index (χ4n) is 3.12. The largest absolute Gasteiger partial charge is 0.481 e. The standard InChI is InChI=1S/C16H25NO5/c1-16(2,3)22-15(21)17-6-4-5-11(17)7-10-8-12(18)9-13(10)14(19)20/h7,11-13,18H,4-6,8-9H2,1-3H3,(H,19,20)/t11-,12-,13+/m0/s1. The van der Waals surface area contributed by atoms with Crippen LogP contribution in [0.1, 0.15) is 46.5 Å². The van der Waals surface area contributed by atoms with E-state index in [1.807, 2.05) is 26.8 Å². The number of ether oxygens (including phenoxy) is 1. The van der Waals surface area contributed by atoms with Gasteiger partial charge in [0.05, 0.1) is 18.1 Å². The van der Waals surface area contributed by atoms with Gasteiger partial charge in [0.1, 0.15) is 5.60 Å². The third kappa shape index (κ3) is 4.00. The van der Waals surface area contributed by atoms with Gasteiger partial charge in [-0.05, 0) is 46.5 Å². The molecule has 2 aliphatic rings. The molecule has 1 amide bonds. The second kappa shape index (κ2) is 6.28. The molecule has 1 aliphatic carbocycles. The number of nitrogens with zero attached hydrogens (tertiary/aromatic N) is 1. The van der Waals surface area contributed by atoms with Crippen LogP contribution in [0.2, 0.25) is 0 Å². The summed E-state index contributed by atoms with van der Waals surface area (Å²) in [5.41, 5.74) is 0.172. The third-order valence-electron chi connectivity index (χ3n) is 4.06. The average molecular weight is 311 g/mol. The molecule has 0 unspecified atom stereocenters. The first-order valence-corrected chi connectivity index (χ1v) is 7.78. The zero-order chi connectivity index (χ0) is 16.5. The monoisotopic (exact) mass is 311 g/mol. The van der Waals surface area contributed by atoms with Gasteiger partial charge in [0, 0.05) is 6.54 Å². The minimum atomic E-state index is -0.912. The Labute approximate surface area is 130 Å². The SMILES string of the molecule is CC(C)(C)OC(=O)N1CCC[C@H]1C=C1C[C@H](O)C[C@H]1C(=O)O. The van der Waals surface area contributed by atoms with Gasteiger partial charge in [0.2, 0.25) is 0 Å². The van der Waals surface area contributed by atoms with E-state index in [0.717, 1.165) is 18.4 Å². The van der Waals surface area contributed by atoms with Gasteiger partial charge in [-0.2, -0.15) is 0 Å². The summed E-state index contributed by atoms with van der Waals surface area (Å²) >= 11 is 0. The molecule has 1 aliphatic heterocycles. The van der Waals surface area contributed by atoms with E-state index in [1.165, 1.54) is 0 Å². The lowest BCUT2D eigenvalue weighted by atomic mass is 10.00. The molecule has 2 rings (SSSR count). The Bertz CT molecular complexity index is 479. The molecule has 6 nitrogen and oxygen atoms in total. The van der Waals surface area contributed by atoms with Crippen molar-refractivity contribution in [3.63, 3.8) is 0 Å². The molecular formula is C16H25NO5. The van der Waals surface area contributed by atoms with Crippen LogP contribution in [0.3, 0.4) is 0 Å². The summed E-state index contributed by atoms with van der Waals surface area (Å²) in [6, 6.07) is -0.142. The summed E-state index contributed by atoms with van der Waals surface area (Å²) in [6.45, 7) is 6.08. The second-order valence-corrected chi connectivity index (χ2v) is 7.11. The fourth-order valence-corrected chi connectivity index (χ4v) is 3.12. The highest BCUT2D eigenvalue weighted by Crippen LogP contribution is 2.34. The van der Waals surface area contributed by atoms with Gasteiger partial charge in [0.15, 0.2) is 0 Å². The number of rotatable bonds is 2. The molecular weight excluding hydrogens is 286 g/mol. The summed E-state index contributed by atoms with van der Waals surface area (Å²) in [5.74, 6) is -1.55. The van der Waals surface area contributed by atoms with Gasteiger partial charge in [-0.3, -0.25) is 4.79 Å². The van der Waals surface area contributed by atoms with Crippen molar-refractivity contribution in [2.75, 3.05) is 6.54 Å². The summed E-state index contributed by atoms with van der Waals surface area (Å²) < 4.78 is 5.40. The van der Waals surface area contributed by atoms with Crippen LogP contribution in [-0.4, -0.2) is 51.5 Å². The summed E-state index contributed by atoms with van der Waals surface area (Å²) in [6.07, 6.45) is 3.17. The average Bonchev–Trinajstić information content (AvgIpc) is 2.94. The first-order valence-electron chi connectivity index (χ1n) is 7.78. The van der Waals surface area contributed by atoms with Crippen LogP contribution in [0.5, 0.6) is 0 Å². The number of amides is 1. The number of hydrogen-bond acceptors (Lipinski definition) is 4. The van der Waals surface area contributed by atoms with Gasteiger partial charge in [-0.25, -0.2) is 4.79 Å². The summed E-state index contributed by atoms with van der Waals surface area (Å²) in [7, 11) is 0. The van der Waals surface area contributed by atoms with Gasteiger partial charge in [-0.1, -0.05) is 11.6 Å². The number of carboxylic acid groups (broad SMARTS) is 1. The summed E-state index contributed by atoms with van der Waals surface area (Å²) in [4.78, 5) is 25.2. The van der Waals surface area contributed by atoms with Crippen molar-refractivity contribution in [3.05, 3.63) is 11.6 Å². The minimum Gasteiger partial charge on any atom is -0.481 e. The Balaban J connectivity index is 2.12. The second-order valence-electron chi connectivity index (χ2n) is 7.11. The smallest absolute Gasteiger partial charge is 0.410 e. The number of hydrogen-bond donors (Lipinski definition) is 2. The predicted octanol–water partition coefficient (Wildman–Crippen LogP) is 2.17. The lowest BCUT2D eigenvalue weighted by Crippen LogP contribution is -2.39. The van der Waals surface area contributed by atoms with E-state index in [2.05, 4.69) is 0 Å².